The lowest BCUT2D eigenvalue weighted by Crippen LogP contribution is -2.53. The molecule has 1 amide bonds. The predicted octanol–water partition coefficient (Wildman–Crippen LogP) is 3.29. The van der Waals surface area contributed by atoms with Gasteiger partial charge >= 0.3 is 6.09 Å². The second-order valence-electron chi connectivity index (χ2n) is 6.35. The van der Waals surface area contributed by atoms with Crippen molar-refractivity contribution in [3.8, 4) is 0 Å². The molecule has 0 unspecified atom stereocenters. The van der Waals surface area contributed by atoms with Gasteiger partial charge in [0.15, 0.2) is 0 Å². The minimum Gasteiger partial charge on any atom is -0.465 e. The number of hydrogen-bond donors (Lipinski definition) is 1. The molecule has 1 N–H and O–H groups in total. The average molecular weight is 278 g/mol. The molecule has 0 heterocycles. The van der Waals surface area contributed by atoms with Crippen molar-refractivity contribution < 1.29 is 9.90 Å². The maximum Gasteiger partial charge on any atom is 0.408 e. The zero-order valence-electron chi connectivity index (χ0n) is 13.1. The standard InChI is InChI=1S/C16H26N2O2/c1-13(18(15(19)20)16(2,3)4)11-17(5)12-14-9-7-6-8-10-14/h6-10,13H,11-12H2,1-5H3,(H,19,20)/t13-/m1/s1. The summed E-state index contributed by atoms with van der Waals surface area (Å²) in [5.41, 5.74) is 0.846. The molecular formula is C16H26N2O2. The molecule has 1 aromatic carbocycles. The zero-order chi connectivity index (χ0) is 15.3. The maximum absolute atomic E-state index is 11.4. The normalized spacial score (nSPS) is 13.3. The van der Waals surface area contributed by atoms with E-state index < -0.39 is 11.6 Å². The zero-order valence-corrected chi connectivity index (χ0v) is 13.1. The Morgan fingerprint density at radius 1 is 1.25 bits per heavy atom. The largest absolute Gasteiger partial charge is 0.465 e. The van der Waals surface area contributed by atoms with E-state index in [1.807, 2.05) is 52.9 Å². The SMILES string of the molecule is C[C@H](CN(C)Cc1ccccc1)N(C(=O)O)C(C)(C)C. The lowest BCUT2D eigenvalue weighted by Gasteiger charge is -2.39. The predicted molar refractivity (Wildman–Crippen MR) is 81.9 cm³/mol. The Morgan fingerprint density at radius 3 is 2.25 bits per heavy atom. The highest BCUT2D eigenvalue weighted by molar-refractivity contribution is 5.66. The smallest absolute Gasteiger partial charge is 0.408 e. The summed E-state index contributed by atoms with van der Waals surface area (Å²) in [6.07, 6.45) is -0.863. The molecule has 1 rings (SSSR count). The van der Waals surface area contributed by atoms with Crippen LogP contribution in [0.1, 0.15) is 33.3 Å². The summed E-state index contributed by atoms with van der Waals surface area (Å²) in [6.45, 7) is 9.26. The molecule has 1 aromatic rings. The van der Waals surface area contributed by atoms with Crippen molar-refractivity contribution in [1.82, 2.24) is 9.80 Å². The van der Waals surface area contributed by atoms with Gasteiger partial charge in [-0.15, -0.1) is 0 Å². The van der Waals surface area contributed by atoms with Crippen molar-refractivity contribution in [3.05, 3.63) is 35.9 Å². The number of rotatable bonds is 5. The minimum absolute atomic E-state index is 0.0544. The maximum atomic E-state index is 11.4. The van der Waals surface area contributed by atoms with Crippen LogP contribution in [0.5, 0.6) is 0 Å². The summed E-state index contributed by atoms with van der Waals surface area (Å²) in [4.78, 5) is 15.1. The first-order valence-electron chi connectivity index (χ1n) is 6.96. The Hall–Kier alpha value is -1.55. The van der Waals surface area contributed by atoms with Gasteiger partial charge in [0.2, 0.25) is 0 Å². The van der Waals surface area contributed by atoms with Crippen molar-refractivity contribution in [2.45, 2.75) is 45.8 Å². The third kappa shape index (κ3) is 4.85. The third-order valence-electron chi connectivity index (χ3n) is 3.24. The highest BCUT2D eigenvalue weighted by Gasteiger charge is 2.31. The molecule has 4 heteroatoms. The number of hydrogen-bond acceptors (Lipinski definition) is 2. The topological polar surface area (TPSA) is 43.8 Å². The van der Waals surface area contributed by atoms with E-state index in [9.17, 15) is 9.90 Å². The van der Waals surface area contributed by atoms with E-state index in [1.165, 1.54) is 10.5 Å². The van der Waals surface area contributed by atoms with Gasteiger partial charge < -0.3 is 10.0 Å². The van der Waals surface area contributed by atoms with Gasteiger partial charge in [0.1, 0.15) is 0 Å². The van der Waals surface area contributed by atoms with Crippen LogP contribution >= 0.6 is 0 Å². The van der Waals surface area contributed by atoms with Crippen LogP contribution in [0.15, 0.2) is 30.3 Å². The molecule has 112 valence electrons. The molecule has 20 heavy (non-hydrogen) atoms. The molecule has 4 nitrogen and oxygen atoms in total. The molecule has 0 aliphatic rings. The van der Waals surface area contributed by atoms with Crippen LogP contribution in [0.2, 0.25) is 0 Å². The van der Waals surface area contributed by atoms with Crippen molar-refractivity contribution in [1.29, 1.82) is 0 Å². The first kappa shape index (κ1) is 16.5. The van der Waals surface area contributed by atoms with Crippen LogP contribution in [-0.4, -0.2) is 46.2 Å². The summed E-state index contributed by atoms with van der Waals surface area (Å²) in [5, 5.41) is 9.39. The van der Waals surface area contributed by atoms with Gasteiger partial charge in [-0.25, -0.2) is 4.79 Å². The van der Waals surface area contributed by atoms with Crippen molar-refractivity contribution >= 4 is 6.09 Å². The van der Waals surface area contributed by atoms with Gasteiger partial charge in [0.05, 0.1) is 0 Å². The first-order valence-corrected chi connectivity index (χ1v) is 6.96. The van der Waals surface area contributed by atoms with Crippen molar-refractivity contribution in [3.63, 3.8) is 0 Å². The van der Waals surface area contributed by atoms with Gasteiger partial charge in [0.25, 0.3) is 0 Å². The van der Waals surface area contributed by atoms with E-state index in [0.29, 0.717) is 6.54 Å². The van der Waals surface area contributed by atoms with Crippen LogP contribution < -0.4 is 0 Å². The van der Waals surface area contributed by atoms with E-state index in [0.717, 1.165) is 6.54 Å². The summed E-state index contributed by atoms with van der Waals surface area (Å²) in [6, 6.07) is 10.1. The van der Waals surface area contributed by atoms with Crippen LogP contribution in [0.4, 0.5) is 4.79 Å². The number of benzene rings is 1. The molecule has 0 saturated heterocycles. The van der Waals surface area contributed by atoms with E-state index in [1.54, 1.807) is 0 Å². The van der Waals surface area contributed by atoms with E-state index in [-0.39, 0.29) is 6.04 Å². The van der Waals surface area contributed by atoms with Gasteiger partial charge in [-0.1, -0.05) is 30.3 Å². The summed E-state index contributed by atoms with van der Waals surface area (Å²) >= 11 is 0. The first-order chi connectivity index (χ1) is 9.21. The molecule has 0 aromatic heterocycles. The molecule has 0 aliphatic heterocycles. The van der Waals surface area contributed by atoms with Crippen LogP contribution in [0.3, 0.4) is 0 Å². The van der Waals surface area contributed by atoms with Gasteiger partial charge in [-0.05, 0) is 40.3 Å². The number of nitrogens with zero attached hydrogens (tertiary/aromatic N) is 2. The highest BCUT2D eigenvalue weighted by atomic mass is 16.4. The van der Waals surface area contributed by atoms with Crippen LogP contribution in [0, 0.1) is 0 Å². The highest BCUT2D eigenvalue weighted by Crippen LogP contribution is 2.18. The molecule has 0 radical (unpaired) electrons. The van der Waals surface area contributed by atoms with Crippen molar-refractivity contribution in [2.75, 3.05) is 13.6 Å². The molecule has 0 spiro atoms. The molecule has 0 bridgehead atoms. The Balaban J connectivity index is 2.64. The fourth-order valence-corrected chi connectivity index (χ4v) is 2.63. The number of likely N-dealkylation sites (N-methyl/N-ethyl adjacent to an activating group) is 1. The fourth-order valence-electron chi connectivity index (χ4n) is 2.63. The monoisotopic (exact) mass is 278 g/mol. The van der Waals surface area contributed by atoms with Gasteiger partial charge in [-0.2, -0.15) is 0 Å². The number of carbonyl (C=O) groups is 1. The van der Waals surface area contributed by atoms with Gasteiger partial charge in [-0.3, -0.25) is 4.90 Å². The summed E-state index contributed by atoms with van der Waals surface area (Å²) in [7, 11) is 2.02. The molecular weight excluding hydrogens is 252 g/mol. The van der Waals surface area contributed by atoms with E-state index >= 15 is 0 Å². The van der Waals surface area contributed by atoms with E-state index in [2.05, 4.69) is 17.0 Å². The Bertz CT molecular complexity index is 426. The van der Waals surface area contributed by atoms with E-state index in [4.69, 9.17) is 0 Å². The summed E-state index contributed by atoms with van der Waals surface area (Å²) < 4.78 is 0. The molecule has 0 aliphatic carbocycles. The lowest BCUT2D eigenvalue weighted by atomic mass is 10.0. The fraction of sp³-hybridized carbons (Fsp3) is 0.562. The lowest BCUT2D eigenvalue weighted by molar-refractivity contribution is 0.0634. The number of amides is 1. The second kappa shape index (κ2) is 6.75. The van der Waals surface area contributed by atoms with Crippen LogP contribution in [-0.2, 0) is 6.54 Å². The summed E-state index contributed by atoms with van der Waals surface area (Å²) in [5.74, 6) is 0. The third-order valence-corrected chi connectivity index (χ3v) is 3.24. The Labute approximate surface area is 122 Å². The molecule has 0 fully saturated rings. The minimum atomic E-state index is -0.863. The average Bonchev–Trinajstić information content (AvgIpc) is 2.26. The van der Waals surface area contributed by atoms with Gasteiger partial charge in [0, 0.05) is 24.7 Å². The number of carboxylic acid groups (broad SMARTS) is 1. The second-order valence-corrected chi connectivity index (χ2v) is 6.35. The molecule has 1 atom stereocenters. The Morgan fingerprint density at radius 2 is 1.80 bits per heavy atom. The quantitative estimate of drug-likeness (QED) is 0.899. The Kier molecular flexibility index (Phi) is 5.57. The van der Waals surface area contributed by atoms with Crippen LogP contribution in [0.25, 0.3) is 0 Å². The van der Waals surface area contributed by atoms with Crippen molar-refractivity contribution in [2.24, 2.45) is 0 Å². The molecule has 0 saturated carbocycles.